The Bertz CT molecular complexity index is 1030. The lowest BCUT2D eigenvalue weighted by molar-refractivity contribution is 0.0177. The molecule has 1 aliphatic heterocycles. The molecule has 2 aliphatic rings. The highest BCUT2D eigenvalue weighted by molar-refractivity contribution is 6.30. The molecular formula is C19H16ClF3N4O2. The first kappa shape index (κ1) is 19.5. The number of fused-ring (bicyclic) bond motifs is 1. The zero-order valence-electron chi connectivity index (χ0n) is 15.1. The molecular weight excluding hydrogens is 409 g/mol. The number of benzene rings is 1. The molecule has 152 valence electrons. The van der Waals surface area contributed by atoms with Crippen molar-refractivity contribution in [1.29, 1.82) is 0 Å². The minimum absolute atomic E-state index is 0.111. The average Bonchev–Trinajstić information content (AvgIpc) is 3.41. The number of hydrogen-bond donors (Lipinski definition) is 2. The Balaban J connectivity index is 1.71. The molecule has 1 saturated carbocycles. The van der Waals surface area contributed by atoms with E-state index in [-0.39, 0.29) is 16.9 Å². The lowest BCUT2D eigenvalue weighted by atomic mass is 9.84. The molecule has 1 amide bonds. The number of pyridine rings is 1. The van der Waals surface area contributed by atoms with E-state index in [2.05, 4.69) is 15.3 Å². The number of nitrogens with two attached hydrogens (primary N) is 1. The van der Waals surface area contributed by atoms with Crippen molar-refractivity contribution < 1.29 is 22.7 Å². The van der Waals surface area contributed by atoms with Crippen LogP contribution >= 0.6 is 11.6 Å². The van der Waals surface area contributed by atoms with Crippen molar-refractivity contribution in [3.8, 4) is 0 Å². The summed E-state index contributed by atoms with van der Waals surface area (Å²) in [6.07, 6.45) is -1.93. The highest BCUT2D eigenvalue weighted by atomic mass is 35.5. The van der Waals surface area contributed by atoms with Gasteiger partial charge in [-0.2, -0.15) is 0 Å². The summed E-state index contributed by atoms with van der Waals surface area (Å²) in [5.74, 6) is -2.15. The van der Waals surface area contributed by atoms with Gasteiger partial charge in [0.1, 0.15) is 17.6 Å². The minimum Gasteiger partial charge on any atom is -0.462 e. The van der Waals surface area contributed by atoms with Gasteiger partial charge in [-0.25, -0.2) is 23.1 Å². The van der Waals surface area contributed by atoms with Crippen molar-refractivity contribution in [1.82, 2.24) is 4.98 Å². The number of hydrogen-bond acceptors (Lipinski definition) is 5. The van der Waals surface area contributed by atoms with Gasteiger partial charge in [-0.05, 0) is 43.2 Å². The average molecular weight is 425 g/mol. The van der Waals surface area contributed by atoms with E-state index in [1.165, 1.54) is 12.3 Å². The van der Waals surface area contributed by atoms with E-state index < -0.39 is 41.7 Å². The van der Waals surface area contributed by atoms with Crippen molar-refractivity contribution in [2.75, 3.05) is 5.32 Å². The minimum atomic E-state index is -3.01. The van der Waals surface area contributed by atoms with Gasteiger partial charge in [-0.1, -0.05) is 11.6 Å². The molecule has 1 aliphatic carbocycles. The van der Waals surface area contributed by atoms with E-state index in [4.69, 9.17) is 22.1 Å². The number of amides is 1. The third-order valence-corrected chi connectivity index (χ3v) is 5.32. The quantitative estimate of drug-likeness (QED) is 0.784. The number of aryl methyl sites for hydroxylation is 1. The van der Waals surface area contributed by atoms with E-state index in [0.717, 1.165) is 12.1 Å². The molecule has 0 radical (unpaired) electrons. The summed E-state index contributed by atoms with van der Waals surface area (Å²) in [5.41, 5.74) is 3.82. The van der Waals surface area contributed by atoms with Gasteiger partial charge < -0.3 is 15.8 Å². The summed E-state index contributed by atoms with van der Waals surface area (Å²) in [4.78, 5) is 20.3. The zero-order valence-corrected chi connectivity index (χ0v) is 15.9. The first-order valence-corrected chi connectivity index (χ1v) is 9.14. The van der Waals surface area contributed by atoms with E-state index >= 15 is 0 Å². The lowest BCUT2D eigenvalue weighted by Crippen LogP contribution is -2.43. The molecule has 3 N–H and O–H groups in total. The third kappa shape index (κ3) is 3.29. The van der Waals surface area contributed by atoms with Crippen LogP contribution in [-0.2, 0) is 10.3 Å². The van der Waals surface area contributed by atoms with E-state index in [1.807, 2.05) is 0 Å². The van der Waals surface area contributed by atoms with Crippen molar-refractivity contribution in [2.24, 2.45) is 16.6 Å². The van der Waals surface area contributed by atoms with Crippen molar-refractivity contribution >= 4 is 29.2 Å². The summed E-state index contributed by atoms with van der Waals surface area (Å²) in [5, 5.41) is 2.93. The van der Waals surface area contributed by atoms with Crippen LogP contribution in [0.1, 0.15) is 28.0 Å². The van der Waals surface area contributed by atoms with Crippen molar-refractivity contribution in [2.45, 2.75) is 31.4 Å². The number of aromatic nitrogens is 1. The maximum absolute atomic E-state index is 14.6. The molecule has 3 atom stereocenters. The number of aliphatic imine (C=N–C) groups is 1. The summed E-state index contributed by atoms with van der Waals surface area (Å²) in [6, 6.07) is 4.60. The van der Waals surface area contributed by atoms with Gasteiger partial charge >= 0.3 is 0 Å². The Kier molecular flexibility index (Phi) is 4.65. The smallest absolute Gasteiger partial charge is 0.283 e. The normalized spacial score (nSPS) is 25.1. The Labute approximate surface area is 168 Å². The van der Waals surface area contributed by atoms with Crippen molar-refractivity contribution in [3.63, 3.8) is 0 Å². The van der Waals surface area contributed by atoms with Crippen LogP contribution in [0.5, 0.6) is 0 Å². The van der Waals surface area contributed by atoms with E-state index in [1.54, 1.807) is 13.0 Å². The Hall–Kier alpha value is -2.81. The van der Waals surface area contributed by atoms with Gasteiger partial charge in [-0.3, -0.25) is 4.79 Å². The van der Waals surface area contributed by atoms with Crippen molar-refractivity contribution in [3.05, 3.63) is 58.1 Å². The molecule has 4 rings (SSSR count). The highest BCUT2D eigenvalue weighted by Crippen LogP contribution is 2.56. The molecule has 10 heteroatoms. The van der Waals surface area contributed by atoms with Gasteiger partial charge in [0.05, 0.1) is 5.02 Å². The maximum atomic E-state index is 14.6. The molecule has 1 unspecified atom stereocenters. The number of carbonyl (C=O) groups excluding carboxylic acids is 1. The van der Waals surface area contributed by atoms with Crippen LogP contribution in [0.15, 0.2) is 35.5 Å². The molecule has 0 bridgehead atoms. The summed E-state index contributed by atoms with van der Waals surface area (Å²) >= 11 is 5.84. The monoisotopic (exact) mass is 424 g/mol. The Morgan fingerprint density at radius 1 is 1.41 bits per heavy atom. The number of nitrogens with one attached hydrogen (secondary N) is 1. The fourth-order valence-corrected chi connectivity index (χ4v) is 3.89. The van der Waals surface area contributed by atoms with Crippen LogP contribution < -0.4 is 11.1 Å². The Morgan fingerprint density at radius 3 is 2.86 bits per heavy atom. The van der Waals surface area contributed by atoms with Gasteiger partial charge in [0.25, 0.3) is 18.4 Å². The zero-order chi connectivity index (χ0) is 20.9. The topological polar surface area (TPSA) is 89.6 Å². The standard InChI is InChI=1S/C19H16ClF3N4O2/c1-8-4-9(20)7-25-15(8)16(28)26-10-2-3-13(21)11(5-10)19(17(22)23)12-6-14(12)29-18(24)27-19/h2-5,7,12,14,17H,6H2,1H3,(H2,24,27)(H,26,28)/t12?,14-,19-/m1/s1. The van der Waals surface area contributed by atoms with Crippen LogP contribution in [0.4, 0.5) is 18.9 Å². The number of alkyl halides is 2. The third-order valence-electron chi connectivity index (χ3n) is 5.11. The van der Waals surface area contributed by atoms with Gasteiger partial charge in [0, 0.05) is 23.4 Å². The second-order valence-corrected chi connectivity index (χ2v) is 7.48. The molecule has 2 heterocycles. The van der Waals surface area contributed by atoms with Crippen LogP contribution in [0.25, 0.3) is 0 Å². The summed E-state index contributed by atoms with van der Waals surface area (Å²) < 4.78 is 48.1. The number of ether oxygens (including phenoxy) is 1. The van der Waals surface area contributed by atoms with Crippen LogP contribution in [0.3, 0.4) is 0 Å². The molecule has 0 saturated heterocycles. The molecule has 29 heavy (non-hydrogen) atoms. The first-order valence-electron chi connectivity index (χ1n) is 8.76. The number of rotatable bonds is 4. The fraction of sp³-hybridized carbons (Fsp3) is 0.316. The summed E-state index contributed by atoms with van der Waals surface area (Å²) in [6.45, 7) is 1.66. The second-order valence-electron chi connectivity index (χ2n) is 7.04. The van der Waals surface area contributed by atoms with Gasteiger partial charge in [0.15, 0.2) is 5.54 Å². The molecule has 1 aromatic heterocycles. The predicted molar refractivity (Wildman–Crippen MR) is 101 cm³/mol. The number of amidine groups is 1. The first-order chi connectivity index (χ1) is 13.7. The summed E-state index contributed by atoms with van der Waals surface area (Å²) in [7, 11) is 0. The van der Waals surface area contributed by atoms with Gasteiger partial charge in [0.2, 0.25) is 0 Å². The number of nitrogens with zero attached hydrogens (tertiary/aromatic N) is 2. The van der Waals surface area contributed by atoms with Gasteiger partial charge in [-0.15, -0.1) is 0 Å². The number of carbonyl (C=O) groups is 1. The lowest BCUT2D eigenvalue weighted by Gasteiger charge is -2.33. The molecule has 6 nitrogen and oxygen atoms in total. The number of halogens is 4. The second kappa shape index (κ2) is 6.91. The van der Waals surface area contributed by atoms with E-state index in [0.29, 0.717) is 17.0 Å². The van der Waals surface area contributed by atoms with Crippen LogP contribution in [0, 0.1) is 18.7 Å². The predicted octanol–water partition coefficient (Wildman–Crippen LogP) is 3.63. The highest BCUT2D eigenvalue weighted by Gasteiger charge is 2.64. The molecule has 1 aromatic carbocycles. The van der Waals surface area contributed by atoms with Crippen LogP contribution in [0.2, 0.25) is 5.02 Å². The SMILES string of the molecule is Cc1cc(Cl)cnc1C(=O)Nc1ccc(F)c([C@@]2(C(F)F)N=C(N)O[C@@H]3CC32)c1. The Morgan fingerprint density at radius 2 is 2.17 bits per heavy atom. The fourth-order valence-electron chi connectivity index (χ4n) is 3.68. The number of anilines is 1. The molecule has 0 spiro atoms. The van der Waals surface area contributed by atoms with E-state index in [9.17, 15) is 18.0 Å². The van der Waals surface area contributed by atoms with Crippen LogP contribution in [-0.4, -0.2) is 29.4 Å². The molecule has 2 aromatic rings. The largest absolute Gasteiger partial charge is 0.462 e. The maximum Gasteiger partial charge on any atom is 0.283 e. The molecule has 1 fully saturated rings.